The first kappa shape index (κ1) is 13.4. The van der Waals surface area contributed by atoms with E-state index < -0.39 is 25.4 Å². The van der Waals surface area contributed by atoms with Crippen molar-refractivity contribution in [2.24, 2.45) is 5.73 Å². The van der Waals surface area contributed by atoms with Crippen LogP contribution in [0.15, 0.2) is 0 Å². The summed E-state index contributed by atoms with van der Waals surface area (Å²) in [4.78, 5) is 0. The first-order valence-electron chi connectivity index (χ1n) is 3.02. The Kier molecular flexibility index (Phi) is 9.55. The van der Waals surface area contributed by atoms with Crippen LogP contribution in [-0.2, 0) is 0 Å². The molecule has 0 bridgehead atoms. The summed E-state index contributed by atoms with van der Waals surface area (Å²) < 4.78 is 0. The van der Waals surface area contributed by atoms with Gasteiger partial charge in [0.25, 0.3) is 0 Å². The minimum absolute atomic E-state index is 0.403. The molecule has 0 saturated carbocycles. The van der Waals surface area contributed by atoms with Gasteiger partial charge in [-0.15, -0.1) is 0 Å². The maximum Gasteiger partial charge on any atom is 0.0856 e. The molecule has 0 unspecified atom stereocenters. The fourth-order valence-corrected chi connectivity index (χ4v) is 0.150. The van der Waals surface area contributed by atoms with Crippen molar-refractivity contribution in [2.75, 3.05) is 26.9 Å². The fraction of sp³-hybridized carbons (Fsp3) is 1.00. The highest BCUT2D eigenvalue weighted by Gasteiger charge is 2.20. The van der Waals surface area contributed by atoms with Crippen LogP contribution >= 0.6 is 0 Å². The average molecular weight is 168 g/mol. The van der Waals surface area contributed by atoms with Crippen LogP contribution in [0.2, 0.25) is 0 Å². The summed E-state index contributed by atoms with van der Waals surface area (Å²) in [5, 5.41) is 32.3. The van der Waals surface area contributed by atoms with Gasteiger partial charge in [0.15, 0.2) is 0 Å². The molecular formula is C5H16N2O4. The Balaban J connectivity index is 0. The van der Waals surface area contributed by atoms with Gasteiger partial charge in [0, 0.05) is 7.05 Å². The summed E-state index contributed by atoms with van der Waals surface area (Å²) in [5.74, 6) is 0. The van der Waals surface area contributed by atoms with Crippen LogP contribution in [0.1, 0.15) is 0 Å². The van der Waals surface area contributed by atoms with Gasteiger partial charge in [0.05, 0.1) is 25.4 Å². The van der Waals surface area contributed by atoms with E-state index in [9.17, 15) is 0 Å². The molecule has 0 saturated heterocycles. The number of hydroxylamine groups is 1. The summed E-state index contributed by atoms with van der Waals surface area (Å²) in [5.41, 5.74) is 5.69. The molecule has 0 aromatic rings. The van der Waals surface area contributed by atoms with Crippen molar-refractivity contribution < 1.29 is 20.5 Å². The van der Waals surface area contributed by atoms with Crippen molar-refractivity contribution in [3.8, 4) is 0 Å². The van der Waals surface area contributed by atoms with E-state index in [0.717, 1.165) is 0 Å². The molecule has 6 nitrogen and oxygen atoms in total. The predicted molar refractivity (Wildman–Crippen MR) is 39.0 cm³/mol. The first-order valence-corrected chi connectivity index (χ1v) is 3.02. The fourth-order valence-electron chi connectivity index (χ4n) is 0.150. The van der Waals surface area contributed by atoms with Gasteiger partial charge < -0.3 is 26.3 Å². The summed E-state index contributed by atoms with van der Waals surface area (Å²) in [6.45, 7) is -1.21. The maximum absolute atomic E-state index is 8.34. The van der Waals surface area contributed by atoms with Crippen LogP contribution in [-0.4, -0.2) is 52.9 Å². The molecule has 70 valence electrons. The number of rotatable bonds is 3. The van der Waals surface area contributed by atoms with Crippen LogP contribution in [0.4, 0.5) is 0 Å². The molecule has 0 aliphatic rings. The van der Waals surface area contributed by atoms with E-state index in [0.29, 0.717) is 0 Å². The van der Waals surface area contributed by atoms with Gasteiger partial charge in [-0.2, -0.15) is 0 Å². The smallest absolute Gasteiger partial charge is 0.0856 e. The summed E-state index contributed by atoms with van der Waals surface area (Å²) in [6, 6.07) is 0. The van der Waals surface area contributed by atoms with Gasteiger partial charge in [0.2, 0.25) is 0 Å². The van der Waals surface area contributed by atoms with Gasteiger partial charge in [0.1, 0.15) is 0 Å². The highest BCUT2D eigenvalue weighted by molar-refractivity contribution is 4.80. The van der Waals surface area contributed by atoms with Crippen molar-refractivity contribution in [1.82, 2.24) is 5.48 Å². The lowest BCUT2D eigenvalue weighted by molar-refractivity contribution is 0.0698. The molecule has 0 aliphatic heterocycles. The molecular weight excluding hydrogens is 152 g/mol. The molecule has 0 fully saturated rings. The monoisotopic (exact) mass is 168 g/mol. The molecule has 0 rings (SSSR count). The normalized spacial score (nSPS) is 10.4. The van der Waals surface area contributed by atoms with Gasteiger partial charge in [-0.1, -0.05) is 0 Å². The standard InChI is InChI=1S/C4H11NO3.CH5NO/c5-4(1-6,2-7)3-8;1-2-3/h6-8H,1-3,5H2;2-3H,1H3. The van der Waals surface area contributed by atoms with E-state index in [2.05, 4.69) is 0 Å². The molecule has 0 spiro atoms. The zero-order valence-corrected chi connectivity index (χ0v) is 6.49. The topological polar surface area (TPSA) is 119 Å². The average Bonchev–Trinajstić information content (AvgIpc) is 2.05. The Morgan fingerprint density at radius 1 is 1.18 bits per heavy atom. The number of aliphatic hydroxyl groups excluding tert-OH is 3. The quantitative estimate of drug-likeness (QED) is 0.254. The zero-order valence-electron chi connectivity index (χ0n) is 6.49. The van der Waals surface area contributed by atoms with Gasteiger partial charge >= 0.3 is 0 Å². The van der Waals surface area contributed by atoms with Crippen LogP contribution in [0.25, 0.3) is 0 Å². The predicted octanol–water partition coefficient (Wildman–Crippen LogP) is -2.74. The molecule has 7 N–H and O–H groups in total. The van der Waals surface area contributed by atoms with Crippen molar-refractivity contribution in [2.45, 2.75) is 5.54 Å². The molecule has 0 aromatic heterocycles. The Morgan fingerprint density at radius 2 is 1.36 bits per heavy atom. The Labute approximate surface area is 65.2 Å². The highest BCUT2D eigenvalue weighted by atomic mass is 16.5. The summed E-state index contributed by atoms with van der Waals surface area (Å²) in [6.07, 6.45) is 0. The minimum Gasteiger partial charge on any atom is -0.394 e. The van der Waals surface area contributed by atoms with Crippen LogP contribution in [0, 0.1) is 0 Å². The van der Waals surface area contributed by atoms with Crippen molar-refractivity contribution >= 4 is 0 Å². The van der Waals surface area contributed by atoms with E-state index in [1.807, 2.05) is 0 Å². The second kappa shape index (κ2) is 7.86. The van der Waals surface area contributed by atoms with Crippen molar-refractivity contribution in [3.05, 3.63) is 0 Å². The number of nitrogens with one attached hydrogen (secondary N) is 1. The molecule has 11 heavy (non-hydrogen) atoms. The Morgan fingerprint density at radius 3 is 1.36 bits per heavy atom. The number of hydrogen-bond acceptors (Lipinski definition) is 6. The maximum atomic E-state index is 8.34. The molecule has 6 heteroatoms. The van der Waals surface area contributed by atoms with Crippen LogP contribution < -0.4 is 11.2 Å². The first-order chi connectivity index (χ1) is 5.10. The number of nitrogens with two attached hydrogens (primary N) is 1. The SMILES string of the molecule is CNO.NC(CO)(CO)CO. The molecule has 0 aromatic carbocycles. The van der Waals surface area contributed by atoms with Gasteiger partial charge in [-0.05, 0) is 0 Å². The van der Waals surface area contributed by atoms with Gasteiger partial charge in [-0.25, -0.2) is 5.48 Å². The lowest BCUT2D eigenvalue weighted by Gasteiger charge is -2.20. The van der Waals surface area contributed by atoms with Crippen molar-refractivity contribution in [1.29, 1.82) is 0 Å². The second-order valence-corrected chi connectivity index (χ2v) is 2.06. The largest absolute Gasteiger partial charge is 0.394 e. The van der Waals surface area contributed by atoms with E-state index in [1.165, 1.54) is 7.05 Å². The van der Waals surface area contributed by atoms with Crippen molar-refractivity contribution in [3.63, 3.8) is 0 Å². The Bertz CT molecular complexity index is 68.6. The summed E-state index contributed by atoms with van der Waals surface area (Å²) in [7, 11) is 1.43. The number of hydrogen-bond donors (Lipinski definition) is 6. The van der Waals surface area contributed by atoms with E-state index >= 15 is 0 Å². The van der Waals surface area contributed by atoms with E-state index in [1.54, 1.807) is 5.48 Å². The van der Waals surface area contributed by atoms with E-state index in [-0.39, 0.29) is 0 Å². The van der Waals surface area contributed by atoms with E-state index in [4.69, 9.17) is 26.3 Å². The molecule has 0 heterocycles. The lowest BCUT2D eigenvalue weighted by Crippen LogP contribution is -2.50. The van der Waals surface area contributed by atoms with Crippen LogP contribution in [0.5, 0.6) is 0 Å². The molecule has 0 aliphatic carbocycles. The number of aliphatic hydroxyl groups is 3. The third-order valence-electron chi connectivity index (χ3n) is 0.945. The molecule has 0 amide bonds. The molecule has 0 radical (unpaired) electrons. The van der Waals surface area contributed by atoms with Crippen LogP contribution in [0.3, 0.4) is 0 Å². The Hall–Kier alpha value is -0.240. The minimum atomic E-state index is -1.21. The third-order valence-corrected chi connectivity index (χ3v) is 0.945. The summed E-state index contributed by atoms with van der Waals surface area (Å²) >= 11 is 0. The molecule has 0 atom stereocenters. The highest BCUT2D eigenvalue weighted by Crippen LogP contribution is 1.93. The second-order valence-electron chi connectivity index (χ2n) is 2.06. The van der Waals surface area contributed by atoms with Gasteiger partial charge in [-0.3, -0.25) is 0 Å². The third kappa shape index (κ3) is 7.66. The zero-order chi connectivity index (χ0) is 9.33. The lowest BCUT2D eigenvalue weighted by atomic mass is 10.1.